The second-order valence-electron chi connectivity index (χ2n) is 5.65. The highest BCUT2D eigenvalue weighted by Gasteiger charge is 2.34. The second kappa shape index (κ2) is 4.84. The van der Waals surface area contributed by atoms with Crippen LogP contribution in [0.2, 0.25) is 0 Å². The van der Waals surface area contributed by atoms with Gasteiger partial charge < -0.3 is 5.11 Å². The quantitative estimate of drug-likeness (QED) is 0.772. The molecule has 0 radical (unpaired) electrons. The molecule has 0 aliphatic heterocycles. The summed E-state index contributed by atoms with van der Waals surface area (Å²) in [6, 6.07) is 1.03. The van der Waals surface area contributed by atoms with E-state index in [0.29, 0.717) is 12.1 Å². The van der Waals surface area contributed by atoms with Crippen molar-refractivity contribution in [2.45, 2.75) is 70.6 Å². The Morgan fingerprint density at radius 1 is 1.13 bits per heavy atom. The molecule has 0 unspecified atom stereocenters. The molecule has 2 saturated carbocycles. The monoisotopic (exact) mass is 211 g/mol. The van der Waals surface area contributed by atoms with Crippen molar-refractivity contribution in [2.24, 2.45) is 5.92 Å². The van der Waals surface area contributed by atoms with Crippen molar-refractivity contribution in [3.63, 3.8) is 0 Å². The third-order valence-corrected chi connectivity index (χ3v) is 3.95. The zero-order valence-corrected chi connectivity index (χ0v) is 10.2. The Morgan fingerprint density at radius 3 is 2.33 bits per heavy atom. The van der Waals surface area contributed by atoms with E-state index in [1.807, 2.05) is 0 Å². The maximum absolute atomic E-state index is 10.1. The molecule has 0 heterocycles. The lowest BCUT2D eigenvalue weighted by molar-refractivity contribution is 0.00259. The van der Waals surface area contributed by atoms with Crippen LogP contribution in [0.5, 0.6) is 0 Å². The van der Waals surface area contributed by atoms with Crippen molar-refractivity contribution in [2.75, 3.05) is 6.54 Å². The maximum Gasteiger partial charge on any atom is 0.0695 e. The Labute approximate surface area is 93.7 Å². The van der Waals surface area contributed by atoms with Crippen LogP contribution in [-0.2, 0) is 0 Å². The van der Waals surface area contributed by atoms with E-state index in [1.165, 1.54) is 38.6 Å². The molecular formula is C13H25NO. The van der Waals surface area contributed by atoms with Crippen molar-refractivity contribution >= 4 is 0 Å². The fourth-order valence-electron chi connectivity index (χ4n) is 2.81. The predicted molar refractivity (Wildman–Crippen MR) is 62.8 cm³/mol. The van der Waals surface area contributed by atoms with Crippen molar-refractivity contribution in [3.05, 3.63) is 0 Å². The normalized spacial score (nSPS) is 32.6. The van der Waals surface area contributed by atoms with E-state index in [4.69, 9.17) is 0 Å². The molecule has 2 fully saturated rings. The summed E-state index contributed by atoms with van der Waals surface area (Å²) < 4.78 is 0. The highest BCUT2D eigenvalue weighted by atomic mass is 16.3. The molecule has 0 aromatic heterocycles. The van der Waals surface area contributed by atoms with Crippen LogP contribution < -0.4 is 0 Å². The van der Waals surface area contributed by atoms with Crippen molar-refractivity contribution in [1.29, 1.82) is 0 Å². The molecular weight excluding hydrogens is 186 g/mol. The Hall–Kier alpha value is -0.0800. The van der Waals surface area contributed by atoms with Crippen LogP contribution >= 0.6 is 0 Å². The highest BCUT2D eigenvalue weighted by Crippen LogP contribution is 2.33. The molecule has 0 aromatic carbocycles. The minimum atomic E-state index is -0.0695. The first kappa shape index (κ1) is 11.4. The SMILES string of the molecule is CC(C)N(CC1CC1)[C@@H]1CCCC[C@H]1O. The summed E-state index contributed by atoms with van der Waals surface area (Å²) in [5.41, 5.74) is 0. The minimum Gasteiger partial charge on any atom is -0.391 e. The van der Waals surface area contributed by atoms with E-state index in [2.05, 4.69) is 18.7 Å². The average Bonchev–Trinajstić information content (AvgIpc) is 2.99. The summed E-state index contributed by atoms with van der Waals surface area (Å²) in [6.07, 6.45) is 7.48. The third kappa shape index (κ3) is 2.94. The first-order valence-electron chi connectivity index (χ1n) is 6.62. The van der Waals surface area contributed by atoms with Crippen LogP contribution in [-0.4, -0.2) is 34.7 Å². The maximum atomic E-state index is 10.1. The van der Waals surface area contributed by atoms with Gasteiger partial charge in [0.2, 0.25) is 0 Å². The smallest absolute Gasteiger partial charge is 0.0695 e. The van der Waals surface area contributed by atoms with Crippen molar-refractivity contribution in [3.8, 4) is 0 Å². The molecule has 2 nitrogen and oxygen atoms in total. The molecule has 1 N–H and O–H groups in total. The van der Waals surface area contributed by atoms with Crippen LogP contribution in [0.25, 0.3) is 0 Å². The molecule has 2 heteroatoms. The Kier molecular flexibility index (Phi) is 3.68. The molecule has 0 amide bonds. The van der Waals surface area contributed by atoms with Gasteiger partial charge in [0.1, 0.15) is 0 Å². The Balaban J connectivity index is 1.94. The topological polar surface area (TPSA) is 23.5 Å². The van der Waals surface area contributed by atoms with E-state index in [0.717, 1.165) is 12.3 Å². The first-order chi connectivity index (χ1) is 7.18. The summed E-state index contributed by atoms with van der Waals surface area (Å²) in [6.45, 7) is 5.76. The first-order valence-corrected chi connectivity index (χ1v) is 6.62. The lowest BCUT2D eigenvalue weighted by Gasteiger charge is -2.40. The molecule has 2 aliphatic carbocycles. The number of aliphatic hydroxyl groups is 1. The lowest BCUT2D eigenvalue weighted by atomic mass is 9.90. The molecule has 0 bridgehead atoms. The van der Waals surface area contributed by atoms with Crippen LogP contribution in [0.15, 0.2) is 0 Å². The lowest BCUT2D eigenvalue weighted by Crippen LogP contribution is -2.49. The fourth-order valence-corrected chi connectivity index (χ4v) is 2.81. The van der Waals surface area contributed by atoms with Crippen molar-refractivity contribution in [1.82, 2.24) is 4.90 Å². The summed E-state index contributed by atoms with van der Waals surface area (Å²) in [4.78, 5) is 2.56. The standard InChI is InChI=1S/C13H25NO/c1-10(2)14(9-11-7-8-11)12-5-3-4-6-13(12)15/h10-13,15H,3-9H2,1-2H3/t12-,13-/m1/s1. The van der Waals surface area contributed by atoms with E-state index in [-0.39, 0.29) is 6.10 Å². The number of nitrogens with zero attached hydrogens (tertiary/aromatic N) is 1. The average molecular weight is 211 g/mol. The van der Waals surface area contributed by atoms with Crippen LogP contribution in [0.1, 0.15) is 52.4 Å². The number of rotatable bonds is 4. The Bertz CT molecular complexity index is 201. The number of aliphatic hydroxyl groups excluding tert-OH is 1. The fraction of sp³-hybridized carbons (Fsp3) is 1.00. The van der Waals surface area contributed by atoms with Gasteiger partial charge in [-0.2, -0.15) is 0 Å². The van der Waals surface area contributed by atoms with Gasteiger partial charge in [-0.05, 0) is 45.4 Å². The predicted octanol–water partition coefficient (Wildman–Crippen LogP) is 2.41. The summed E-state index contributed by atoms with van der Waals surface area (Å²) in [5, 5.41) is 10.1. The molecule has 2 aliphatic rings. The van der Waals surface area contributed by atoms with Gasteiger partial charge in [-0.25, -0.2) is 0 Å². The summed E-state index contributed by atoms with van der Waals surface area (Å²) in [5.74, 6) is 0.932. The van der Waals surface area contributed by atoms with E-state index < -0.39 is 0 Å². The van der Waals surface area contributed by atoms with Gasteiger partial charge in [0.05, 0.1) is 6.10 Å². The Morgan fingerprint density at radius 2 is 1.80 bits per heavy atom. The van der Waals surface area contributed by atoms with Gasteiger partial charge in [0, 0.05) is 18.6 Å². The molecule has 88 valence electrons. The number of hydrogen-bond donors (Lipinski definition) is 1. The third-order valence-electron chi connectivity index (χ3n) is 3.95. The zero-order valence-electron chi connectivity index (χ0n) is 10.2. The van der Waals surface area contributed by atoms with Gasteiger partial charge >= 0.3 is 0 Å². The van der Waals surface area contributed by atoms with Gasteiger partial charge in [0.15, 0.2) is 0 Å². The highest BCUT2D eigenvalue weighted by molar-refractivity contribution is 4.88. The van der Waals surface area contributed by atoms with Gasteiger partial charge in [0.25, 0.3) is 0 Å². The largest absolute Gasteiger partial charge is 0.391 e. The molecule has 0 spiro atoms. The van der Waals surface area contributed by atoms with E-state index in [1.54, 1.807) is 0 Å². The molecule has 2 rings (SSSR count). The number of hydrogen-bond acceptors (Lipinski definition) is 2. The molecule has 2 atom stereocenters. The van der Waals surface area contributed by atoms with Crippen LogP contribution in [0, 0.1) is 5.92 Å². The second-order valence-corrected chi connectivity index (χ2v) is 5.65. The molecule has 0 aromatic rings. The zero-order chi connectivity index (χ0) is 10.8. The summed E-state index contributed by atoms with van der Waals surface area (Å²) >= 11 is 0. The van der Waals surface area contributed by atoms with E-state index >= 15 is 0 Å². The molecule has 15 heavy (non-hydrogen) atoms. The minimum absolute atomic E-state index is 0.0695. The molecule has 0 saturated heterocycles. The van der Waals surface area contributed by atoms with E-state index in [9.17, 15) is 5.11 Å². The van der Waals surface area contributed by atoms with Gasteiger partial charge in [-0.1, -0.05) is 12.8 Å². The van der Waals surface area contributed by atoms with Gasteiger partial charge in [-0.3, -0.25) is 4.90 Å². The van der Waals surface area contributed by atoms with Crippen molar-refractivity contribution < 1.29 is 5.11 Å². The van der Waals surface area contributed by atoms with Crippen LogP contribution in [0.4, 0.5) is 0 Å². The van der Waals surface area contributed by atoms with Gasteiger partial charge in [-0.15, -0.1) is 0 Å². The summed E-state index contributed by atoms with van der Waals surface area (Å²) in [7, 11) is 0. The van der Waals surface area contributed by atoms with Crippen LogP contribution in [0.3, 0.4) is 0 Å².